The number of methoxy groups -OCH3 is 1. The highest BCUT2D eigenvalue weighted by Crippen LogP contribution is 2.21. The van der Waals surface area contributed by atoms with E-state index in [9.17, 15) is 0 Å². The van der Waals surface area contributed by atoms with Crippen molar-refractivity contribution in [3.05, 3.63) is 44.6 Å². The molecule has 0 unspecified atom stereocenters. The van der Waals surface area contributed by atoms with Crippen LogP contribution in [-0.2, 0) is 13.1 Å². The highest BCUT2D eigenvalue weighted by atomic mass is 79.9. The molecule has 5 heteroatoms. The number of benzene rings is 1. The van der Waals surface area contributed by atoms with Crippen LogP contribution in [0.25, 0.3) is 0 Å². The summed E-state index contributed by atoms with van der Waals surface area (Å²) in [4.78, 5) is 1.29. The van der Waals surface area contributed by atoms with E-state index in [1.807, 2.05) is 18.2 Å². The van der Waals surface area contributed by atoms with E-state index < -0.39 is 0 Å². The topological polar surface area (TPSA) is 47.3 Å². The standard InChI is InChI=1S/C13H15BrN2OS/c1-17-11-2-3-13(15)9(4-11)6-16-7-12-5-10(14)8-18-12/h2-5,8,16H,6-7,15H2,1H3. The van der Waals surface area contributed by atoms with Crippen molar-refractivity contribution in [3.63, 3.8) is 0 Å². The predicted octanol–water partition coefficient (Wildman–Crippen LogP) is 3.39. The lowest BCUT2D eigenvalue weighted by Gasteiger charge is -2.09. The van der Waals surface area contributed by atoms with E-state index >= 15 is 0 Å². The molecule has 2 aromatic rings. The number of hydrogen-bond acceptors (Lipinski definition) is 4. The predicted molar refractivity (Wildman–Crippen MR) is 80.0 cm³/mol. The van der Waals surface area contributed by atoms with Gasteiger partial charge in [0.1, 0.15) is 5.75 Å². The van der Waals surface area contributed by atoms with Gasteiger partial charge in [0.2, 0.25) is 0 Å². The van der Waals surface area contributed by atoms with Gasteiger partial charge >= 0.3 is 0 Å². The van der Waals surface area contributed by atoms with Gasteiger partial charge in [-0.25, -0.2) is 0 Å². The van der Waals surface area contributed by atoms with Crippen molar-refractivity contribution in [2.75, 3.05) is 12.8 Å². The minimum absolute atomic E-state index is 0.735. The van der Waals surface area contributed by atoms with Crippen LogP contribution in [0.2, 0.25) is 0 Å². The number of ether oxygens (including phenoxy) is 1. The first kappa shape index (κ1) is 13.4. The van der Waals surface area contributed by atoms with Crippen LogP contribution in [0.4, 0.5) is 5.69 Å². The molecule has 0 amide bonds. The molecule has 0 aliphatic rings. The van der Waals surface area contributed by atoms with Crippen LogP contribution >= 0.6 is 27.3 Å². The Kier molecular flexibility index (Phi) is 4.63. The Morgan fingerprint density at radius 1 is 1.33 bits per heavy atom. The van der Waals surface area contributed by atoms with Crippen molar-refractivity contribution in [1.29, 1.82) is 0 Å². The van der Waals surface area contributed by atoms with E-state index in [2.05, 4.69) is 32.7 Å². The van der Waals surface area contributed by atoms with Crippen LogP contribution in [-0.4, -0.2) is 7.11 Å². The highest BCUT2D eigenvalue weighted by molar-refractivity contribution is 9.10. The molecule has 0 aliphatic carbocycles. The van der Waals surface area contributed by atoms with Gasteiger partial charge in [-0.1, -0.05) is 0 Å². The lowest BCUT2D eigenvalue weighted by atomic mass is 10.1. The minimum atomic E-state index is 0.735. The van der Waals surface area contributed by atoms with Gasteiger partial charge in [0, 0.05) is 33.5 Å². The molecule has 1 aromatic heterocycles. The van der Waals surface area contributed by atoms with Gasteiger partial charge in [-0.3, -0.25) is 0 Å². The van der Waals surface area contributed by atoms with Gasteiger partial charge in [-0.15, -0.1) is 11.3 Å². The van der Waals surface area contributed by atoms with E-state index in [4.69, 9.17) is 10.5 Å². The summed E-state index contributed by atoms with van der Waals surface area (Å²) < 4.78 is 6.32. The third-order valence-electron chi connectivity index (χ3n) is 2.59. The molecule has 0 radical (unpaired) electrons. The fourth-order valence-electron chi connectivity index (χ4n) is 1.63. The molecule has 3 N–H and O–H groups in total. The molecule has 3 nitrogen and oxygen atoms in total. The molecule has 1 heterocycles. The first-order valence-electron chi connectivity index (χ1n) is 5.55. The maximum absolute atomic E-state index is 5.93. The summed E-state index contributed by atoms with van der Waals surface area (Å²) in [6.45, 7) is 1.57. The van der Waals surface area contributed by atoms with E-state index in [1.165, 1.54) is 4.88 Å². The van der Waals surface area contributed by atoms with E-state index in [-0.39, 0.29) is 0 Å². The Hall–Kier alpha value is -1.04. The average Bonchev–Trinajstić information content (AvgIpc) is 2.77. The number of thiophene rings is 1. The van der Waals surface area contributed by atoms with Gasteiger partial charge in [0.25, 0.3) is 0 Å². The van der Waals surface area contributed by atoms with Gasteiger partial charge in [-0.2, -0.15) is 0 Å². The van der Waals surface area contributed by atoms with Crippen LogP contribution < -0.4 is 15.8 Å². The van der Waals surface area contributed by atoms with Crippen LogP contribution in [0.5, 0.6) is 5.75 Å². The fraction of sp³-hybridized carbons (Fsp3) is 0.231. The SMILES string of the molecule is COc1ccc(N)c(CNCc2cc(Br)cs2)c1. The second-order valence-corrected chi connectivity index (χ2v) is 5.81. The Labute approximate surface area is 119 Å². The monoisotopic (exact) mass is 326 g/mol. The second-order valence-electron chi connectivity index (χ2n) is 3.90. The largest absolute Gasteiger partial charge is 0.497 e. The third-order valence-corrected chi connectivity index (χ3v) is 4.28. The summed E-state index contributed by atoms with van der Waals surface area (Å²) in [5.74, 6) is 0.833. The Bertz CT molecular complexity index is 527. The molecular formula is C13H15BrN2OS. The van der Waals surface area contributed by atoms with Gasteiger partial charge < -0.3 is 15.8 Å². The number of hydrogen-bond donors (Lipinski definition) is 2. The van der Waals surface area contributed by atoms with Crippen LogP contribution in [0.3, 0.4) is 0 Å². The number of nitrogen functional groups attached to an aromatic ring is 1. The summed E-state index contributed by atoms with van der Waals surface area (Å²) >= 11 is 5.18. The van der Waals surface area contributed by atoms with Gasteiger partial charge in [0.15, 0.2) is 0 Å². The molecule has 2 rings (SSSR count). The summed E-state index contributed by atoms with van der Waals surface area (Å²) in [5, 5.41) is 5.46. The van der Waals surface area contributed by atoms with Crippen molar-refractivity contribution in [2.24, 2.45) is 0 Å². The maximum atomic E-state index is 5.93. The molecule has 0 saturated heterocycles. The number of rotatable bonds is 5. The average molecular weight is 327 g/mol. The third kappa shape index (κ3) is 3.48. The molecular weight excluding hydrogens is 312 g/mol. The van der Waals surface area contributed by atoms with Crippen LogP contribution in [0.15, 0.2) is 34.1 Å². The van der Waals surface area contributed by atoms with E-state index in [0.717, 1.165) is 34.6 Å². The highest BCUT2D eigenvalue weighted by Gasteiger charge is 2.02. The smallest absolute Gasteiger partial charge is 0.119 e. The Morgan fingerprint density at radius 2 is 2.17 bits per heavy atom. The lowest BCUT2D eigenvalue weighted by Crippen LogP contribution is -2.13. The summed E-state index contributed by atoms with van der Waals surface area (Å²) in [5.41, 5.74) is 7.78. The lowest BCUT2D eigenvalue weighted by molar-refractivity contribution is 0.414. The molecule has 18 heavy (non-hydrogen) atoms. The second kappa shape index (κ2) is 6.22. The number of nitrogens with one attached hydrogen (secondary N) is 1. The first-order valence-corrected chi connectivity index (χ1v) is 7.22. The van der Waals surface area contributed by atoms with Gasteiger partial charge in [-0.05, 0) is 45.8 Å². The molecule has 0 bridgehead atoms. The zero-order valence-corrected chi connectivity index (χ0v) is 12.5. The quantitative estimate of drug-likeness (QED) is 0.828. The van der Waals surface area contributed by atoms with E-state index in [1.54, 1.807) is 18.4 Å². The Morgan fingerprint density at radius 3 is 2.83 bits per heavy atom. The van der Waals surface area contributed by atoms with E-state index in [0.29, 0.717) is 0 Å². The molecule has 0 aliphatic heterocycles. The number of nitrogens with two attached hydrogens (primary N) is 1. The minimum Gasteiger partial charge on any atom is -0.497 e. The molecule has 0 spiro atoms. The van der Waals surface area contributed by atoms with Crippen LogP contribution in [0.1, 0.15) is 10.4 Å². The number of anilines is 1. The molecule has 0 saturated carbocycles. The van der Waals surface area contributed by atoms with Crippen molar-refractivity contribution in [1.82, 2.24) is 5.32 Å². The Balaban J connectivity index is 1.93. The zero-order chi connectivity index (χ0) is 13.0. The molecule has 96 valence electrons. The molecule has 0 atom stereocenters. The summed E-state index contributed by atoms with van der Waals surface area (Å²) in [6.07, 6.45) is 0. The van der Waals surface area contributed by atoms with Crippen molar-refractivity contribution in [3.8, 4) is 5.75 Å². The first-order chi connectivity index (χ1) is 8.69. The van der Waals surface area contributed by atoms with Crippen molar-refractivity contribution < 1.29 is 4.74 Å². The summed E-state index contributed by atoms with van der Waals surface area (Å²) in [7, 11) is 1.66. The molecule has 0 fully saturated rings. The molecule has 1 aromatic carbocycles. The maximum Gasteiger partial charge on any atom is 0.119 e. The normalized spacial score (nSPS) is 10.6. The van der Waals surface area contributed by atoms with Gasteiger partial charge in [0.05, 0.1) is 7.11 Å². The van der Waals surface area contributed by atoms with Crippen molar-refractivity contribution in [2.45, 2.75) is 13.1 Å². The summed E-state index contributed by atoms with van der Waals surface area (Å²) in [6, 6.07) is 7.83. The van der Waals surface area contributed by atoms with Crippen molar-refractivity contribution >= 4 is 33.0 Å². The zero-order valence-electron chi connectivity index (χ0n) is 10.1. The fourth-order valence-corrected chi connectivity index (χ4v) is 3.05. The van der Waals surface area contributed by atoms with Crippen LogP contribution in [0, 0.1) is 0 Å². The number of halogens is 1.